The van der Waals surface area contributed by atoms with Crippen molar-refractivity contribution < 1.29 is 9.59 Å². The second-order valence-corrected chi connectivity index (χ2v) is 6.20. The molecule has 106 valence electrons. The summed E-state index contributed by atoms with van der Waals surface area (Å²) in [6.45, 7) is 0. The lowest BCUT2D eigenvalue weighted by atomic mass is 10.0. The first-order valence-electron chi connectivity index (χ1n) is 6.29. The van der Waals surface area contributed by atoms with Crippen molar-refractivity contribution in [2.45, 2.75) is 0 Å². The Kier molecular flexibility index (Phi) is 3.98. The van der Waals surface area contributed by atoms with Crippen LogP contribution in [0.25, 0.3) is 20.2 Å². The highest BCUT2D eigenvalue weighted by molar-refractivity contribution is 7.26. The molecule has 0 bridgehead atoms. The van der Waals surface area contributed by atoms with Crippen LogP contribution in [0.3, 0.4) is 0 Å². The summed E-state index contributed by atoms with van der Waals surface area (Å²) in [7, 11) is 0. The standard InChI is InChI=1S/C16H10Cl2O2S/c17-7-13(19)9-4-5-15-12(6-9)10-2-1-3-11(14(20)8-18)16(10)21-15/h1-6H,7-8H2. The number of halogens is 2. The van der Waals surface area contributed by atoms with Crippen molar-refractivity contribution in [2.75, 3.05) is 11.8 Å². The first-order chi connectivity index (χ1) is 10.2. The van der Waals surface area contributed by atoms with E-state index < -0.39 is 0 Å². The zero-order chi connectivity index (χ0) is 15.0. The van der Waals surface area contributed by atoms with Crippen LogP contribution in [0.2, 0.25) is 0 Å². The molecule has 0 N–H and O–H groups in total. The fourth-order valence-corrected chi connectivity index (χ4v) is 3.85. The number of fused-ring (bicyclic) bond motifs is 3. The highest BCUT2D eigenvalue weighted by Gasteiger charge is 2.14. The zero-order valence-corrected chi connectivity index (χ0v) is 13.2. The molecule has 3 aromatic rings. The Hall–Kier alpha value is -1.42. The summed E-state index contributed by atoms with van der Waals surface area (Å²) >= 11 is 12.8. The SMILES string of the molecule is O=C(CCl)c1ccc2sc3c(C(=O)CCl)cccc3c2c1. The number of hydrogen-bond donors (Lipinski definition) is 0. The van der Waals surface area contributed by atoms with E-state index in [1.54, 1.807) is 12.1 Å². The number of Topliss-reactive ketones (excluding diaryl/α,β-unsaturated/α-hetero) is 2. The Morgan fingerprint density at radius 3 is 2.43 bits per heavy atom. The van der Waals surface area contributed by atoms with Crippen molar-refractivity contribution >= 4 is 66.3 Å². The van der Waals surface area contributed by atoms with Crippen LogP contribution in [0.5, 0.6) is 0 Å². The maximum absolute atomic E-state index is 11.9. The summed E-state index contributed by atoms with van der Waals surface area (Å²) in [5.74, 6) is -0.274. The molecule has 0 aliphatic carbocycles. The fraction of sp³-hybridized carbons (Fsp3) is 0.125. The second kappa shape index (κ2) is 5.76. The maximum Gasteiger partial charge on any atom is 0.179 e. The van der Waals surface area contributed by atoms with E-state index in [1.807, 2.05) is 24.3 Å². The largest absolute Gasteiger partial charge is 0.293 e. The van der Waals surface area contributed by atoms with Gasteiger partial charge in [-0.25, -0.2) is 0 Å². The van der Waals surface area contributed by atoms with Gasteiger partial charge in [0, 0.05) is 31.3 Å². The Labute approximate surface area is 135 Å². The van der Waals surface area contributed by atoms with Crippen LogP contribution >= 0.6 is 34.5 Å². The van der Waals surface area contributed by atoms with Crippen LogP contribution in [0.1, 0.15) is 20.7 Å². The molecule has 21 heavy (non-hydrogen) atoms. The van der Waals surface area contributed by atoms with Crippen LogP contribution in [0.15, 0.2) is 36.4 Å². The molecule has 0 atom stereocenters. The van der Waals surface area contributed by atoms with Crippen molar-refractivity contribution in [1.82, 2.24) is 0 Å². The number of alkyl halides is 2. The third-order valence-corrected chi connectivity index (χ3v) is 5.07. The van der Waals surface area contributed by atoms with Crippen molar-refractivity contribution in [3.05, 3.63) is 47.5 Å². The average Bonchev–Trinajstić information content (AvgIpc) is 2.91. The average molecular weight is 337 g/mol. The first kappa shape index (κ1) is 14.5. The van der Waals surface area contributed by atoms with E-state index >= 15 is 0 Å². The van der Waals surface area contributed by atoms with E-state index in [0.717, 1.165) is 20.2 Å². The summed E-state index contributed by atoms with van der Waals surface area (Å²) in [6.07, 6.45) is 0. The second-order valence-electron chi connectivity index (χ2n) is 4.61. The van der Waals surface area contributed by atoms with Gasteiger partial charge in [0.15, 0.2) is 11.6 Å². The summed E-state index contributed by atoms with van der Waals surface area (Å²) in [6, 6.07) is 11.1. The number of carbonyl (C=O) groups excluding carboxylic acids is 2. The highest BCUT2D eigenvalue weighted by atomic mass is 35.5. The minimum absolute atomic E-state index is 0.0381. The Bertz CT molecular complexity index is 867. The van der Waals surface area contributed by atoms with Crippen LogP contribution in [-0.2, 0) is 0 Å². The predicted molar refractivity (Wildman–Crippen MR) is 89.4 cm³/mol. The number of hydrogen-bond acceptors (Lipinski definition) is 3. The highest BCUT2D eigenvalue weighted by Crippen LogP contribution is 2.36. The van der Waals surface area contributed by atoms with Crippen LogP contribution in [-0.4, -0.2) is 23.3 Å². The number of carbonyl (C=O) groups is 2. The third kappa shape index (κ3) is 2.46. The fourth-order valence-electron chi connectivity index (χ4n) is 2.34. The van der Waals surface area contributed by atoms with Crippen LogP contribution in [0, 0.1) is 0 Å². The number of thiophene rings is 1. The molecule has 2 nitrogen and oxygen atoms in total. The van der Waals surface area contributed by atoms with Gasteiger partial charge >= 0.3 is 0 Å². The van der Waals surface area contributed by atoms with Crippen molar-refractivity contribution in [3.63, 3.8) is 0 Å². The van der Waals surface area contributed by atoms with E-state index in [9.17, 15) is 9.59 Å². The molecule has 0 aliphatic rings. The van der Waals surface area contributed by atoms with Crippen molar-refractivity contribution in [2.24, 2.45) is 0 Å². The Morgan fingerprint density at radius 1 is 0.952 bits per heavy atom. The summed E-state index contributed by atoms with van der Waals surface area (Å²) in [4.78, 5) is 23.7. The molecule has 0 radical (unpaired) electrons. The summed E-state index contributed by atoms with van der Waals surface area (Å²) < 4.78 is 1.94. The monoisotopic (exact) mass is 336 g/mol. The first-order valence-corrected chi connectivity index (χ1v) is 8.18. The molecule has 5 heteroatoms. The molecule has 0 spiro atoms. The molecule has 1 aromatic heterocycles. The molecule has 0 saturated carbocycles. The van der Waals surface area contributed by atoms with Gasteiger partial charge in [-0.05, 0) is 24.3 Å². The topological polar surface area (TPSA) is 34.1 Å². The Balaban J connectivity index is 2.31. The van der Waals surface area contributed by atoms with Crippen LogP contribution < -0.4 is 0 Å². The van der Waals surface area contributed by atoms with Gasteiger partial charge in [0.2, 0.25) is 0 Å². The van der Waals surface area contributed by atoms with E-state index in [0.29, 0.717) is 11.1 Å². The van der Waals surface area contributed by atoms with Gasteiger partial charge in [0.25, 0.3) is 0 Å². The smallest absolute Gasteiger partial charge is 0.179 e. The van der Waals surface area contributed by atoms with Gasteiger partial charge in [0.05, 0.1) is 11.8 Å². The minimum Gasteiger partial charge on any atom is -0.293 e. The summed E-state index contributed by atoms with van der Waals surface area (Å²) in [5, 5.41) is 1.94. The molecule has 0 aliphatic heterocycles. The lowest BCUT2D eigenvalue weighted by Crippen LogP contribution is -1.99. The number of rotatable bonds is 4. The van der Waals surface area contributed by atoms with Gasteiger partial charge < -0.3 is 0 Å². The van der Waals surface area contributed by atoms with E-state index in [4.69, 9.17) is 23.2 Å². The van der Waals surface area contributed by atoms with Gasteiger partial charge in [-0.3, -0.25) is 9.59 Å². The summed E-state index contributed by atoms with van der Waals surface area (Å²) in [5.41, 5.74) is 1.22. The van der Waals surface area contributed by atoms with E-state index in [1.165, 1.54) is 11.3 Å². The molecule has 0 unspecified atom stereocenters. The van der Waals surface area contributed by atoms with Gasteiger partial charge in [-0.2, -0.15) is 0 Å². The normalized spacial score (nSPS) is 11.1. The predicted octanol–water partition coefficient (Wildman–Crippen LogP) is 4.90. The number of benzene rings is 2. The van der Waals surface area contributed by atoms with Gasteiger partial charge in [-0.1, -0.05) is 12.1 Å². The van der Waals surface area contributed by atoms with Gasteiger partial charge in [-0.15, -0.1) is 34.5 Å². The van der Waals surface area contributed by atoms with E-state index in [2.05, 4.69) is 0 Å². The molecule has 0 amide bonds. The molecular formula is C16H10Cl2O2S. The van der Waals surface area contributed by atoms with Crippen molar-refractivity contribution in [3.8, 4) is 0 Å². The van der Waals surface area contributed by atoms with Gasteiger partial charge in [0.1, 0.15) is 0 Å². The number of ketones is 2. The van der Waals surface area contributed by atoms with E-state index in [-0.39, 0.29) is 23.3 Å². The minimum atomic E-state index is -0.106. The maximum atomic E-state index is 11.9. The molecule has 2 aromatic carbocycles. The third-order valence-electron chi connectivity index (χ3n) is 3.36. The van der Waals surface area contributed by atoms with Crippen LogP contribution in [0.4, 0.5) is 0 Å². The molecular weight excluding hydrogens is 327 g/mol. The molecule has 0 saturated heterocycles. The molecule has 0 fully saturated rings. The molecule has 3 rings (SSSR count). The zero-order valence-electron chi connectivity index (χ0n) is 10.9. The quantitative estimate of drug-likeness (QED) is 0.501. The van der Waals surface area contributed by atoms with Crippen molar-refractivity contribution in [1.29, 1.82) is 0 Å². The Morgan fingerprint density at radius 2 is 1.71 bits per heavy atom. The lowest BCUT2D eigenvalue weighted by Gasteiger charge is -1.99. The molecule has 1 heterocycles. The lowest BCUT2D eigenvalue weighted by molar-refractivity contribution is 0.101.